The summed E-state index contributed by atoms with van der Waals surface area (Å²) < 4.78 is 0. The van der Waals surface area contributed by atoms with E-state index >= 15 is 0 Å². The van der Waals surface area contributed by atoms with E-state index in [1.54, 1.807) is 17.1 Å². The molecule has 0 aliphatic carbocycles. The molecule has 1 aliphatic rings. The maximum absolute atomic E-state index is 12.4. The highest BCUT2D eigenvalue weighted by atomic mass is 16.2. The van der Waals surface area contributed by atoms with Gasteiger partial charge in [0, 0.05) is 23.0 Å². The molecule has 1 aromatic heterocycles. The molecule has 1 unspecified atom stereocenters. The van der Waals surface area contributed by atoms with Gasteiger partial charge in [-0.25, -0.2) is 9.99 Å². The van der Waals surface area contributed by atoms with Gasteiger partial charge in [0.1, 0.15) is 6.17 Å². The van der Waals surface area contributed by atoms with Crippen molar-refractivity contribution in [1.82, 2.24) is 20.7 Å². The number of hydrogen-bond acceptors (Lipinski definition) is 5. The number of aryl methyl sites for hydroxylation is 1. The molecule has 0 bridgehead atoms. The first-order valence-electron chi connectivity index (χ1n) is 8.27. The summed E-state index contributed by atoms with van der Waals surface area (Å²) in [6.07, 6.45) is 3.04. The van der Waals surface area contributed by atoms with E-state index in [4.69, 9.17) is 0 Å². The molecule has 0 spiro atoms. The average molecular weight is 339 g/mol. The van der Waals surface area contributed by atoms with Crippen molar-refractivity contribution in [3.63, 3.8) is 0 Å². The Kier molecular flexibility index (Phi) is 4.83. The fraction of sp³-hybridized carbons (Fsp3) is 0.278. The highest BCUT2D eigenvalue weighted by Crippen LogP contribution is 2.16. The Labute approximate surface area is 145 Å². The summed E-state index contributed by atoms with van der Waals surface area (Å²) in [6, 6.07) is 10.5. The van der Waals surface area contributed by atoms with E-state index in [9.17, 15) is 9.59 Å². The van der Waals surface area contributed by atoms with E-state index in [0.29, 0.717) is 11.5 Å². The fourth-order valence-electron chi connectivity index (χ4n) is 2.70. The number of H-pyrrole nitrogens is 1. The second kappa shape index (κ2) is 7.21. The van der Waals surface area contributed by atoms with Crippen LogP contribution in [0.15, 0.2) is 53.0 Å². The molecule has 7 heteroatoms. The van der Waals surface area contributed by atoms with E-state index < -0.39 is 6.17 Å². The largest absolute Gasteiger partial charge is 0.327 e. The van der Waals surface area contributed by atoms with E-state index in [0.717, 1.165) is 24.2 Å². The van der Waals surface area contributed by atoms with Crippen molar-refractivity contribution in [3.8, 4) is 0 Å². The molecule has 1 aliphatic heterocycles. The zero-order valence-electron chi connectivity index (χ0n) is 14.2. The molecule has 1 amide bonds. The maximum atomic E-state index is 12.4. The molecule has 2 aromatic rings. The van der Waals surface area contributed by atoms with Crippen LogP contribution < -0.4 is 21.3 Å². The summed E-state index contributed by atoms with van der Waals surface area (Å²) in [5.74, 6) is 0.179. The highest BCUT2D eigenvalue weighted by molar-refractivity contribution is 5.94. The lowest BCUT2D eigenvalue weighted by molar-refractivity contribution is 0.0943. The van der Waals surface area contributed by atoms with Gasteiger partial charge < -0.3 is 5.32 Å². The Hall–Kier alpha value is -3.09. The molecule has 0 saturated heterocycles. The number of carbonyl (C=O) groups is 1. The third-order valence-electron chi connectivity index (χ3n) is 3.81. The third kappa shape index (κ3) is 3.88. The highest BCUT2D eigenvalue weighted by Gasteiger charge is 2.27. The van der Waals surface area contributed by atoms with Gasteiger partial charge in [0.2, 0.25) is 5.95 Å². The van der Waals surface area contributed by atoms with Gasteiger partial charge in [-0.2, -0.15) is 0 Å². The number of carbonyl (C=O) groups excluding carboxylic acids is 1. The molecule has 1 atom stereocenters. The predicted octanol–water partition coefficient (Wildman–Crippen LogP) is 1.71. The smallest absolute Gasteiger partial charge is 0.253 e. The Morgan fingerprint density at radius 1 is 1.32 bits per heavy atom. The lowest BCUT2D eigenvalue weighted by Gasteiger charge is -2.26. The van der Waals surface area contributed by atoms with E-state index in [1.807, 2.05) is 38.1 Å². The first kappa shape index (κ1) is 16.8. The summed E-state index contributed by atoms with van der Waals surface area (Å²) >= 11 is 0. The van der Waals surface area contributed by atoms with Crippen LogP contribution in [-0.4, -0.2) is 22.0 Å². The van der Waals surface area contributed by atoms with Crippen LogP contribution in [0.4, 0.5) is 5.95 Å². The second-order valence-corrected chi connectivity index (χ2v) is 5.93. The summed E-state index contributed by atoms with van der Waals surface area (Å²) in [6.45, 7) is 3.92. The first-order valence-corrected chi connectivity index (χ1v) is 8.27. The number of benzene rings is 1. The lowest BCUT2D eigenvalue weighted by Crippen LogP contribution is -2.50. The molecule has 0 saturated carbocycles. The molecule has 3 rings (SSSR count). The molecule has 2 heterocycles. The molecular formula is C18H21N5O2. The first-order chi connectivity index (χ1) is 12.1. The SMILES string of the molecule is CCCc1cc(=O)[nH]c(N2NC(C)=CC2NC(=O)c2ccccc2)n1. The number of hydrazine groups is 1. The second-order valence-electron chi connectivity index (χ2n) is 5.93. The summed E-state index contributed by atoms with van der Waals surface area (Å²) in [7, 11) is 0. The van der Waals surface area contributed by atoms with Crippen LogP contribution >= 0.6 is 0 Å². The van der Waals surface area contributed by atoms with Crippen LogP contribution in [0.3, 0.4) is 0 Å². The van der Waals surface area contributed by atoms with Gasteiger partial charge in [-0.3, -0.25) is 20.0 Å². The van der Waals surface area contributed by atoms with Crippen molar-refractivity contribution >= 4 is 11.9 Å². The van der Waals surface area contributed by atoms with Gasteiger partial charge in [0.15, 0.2) is 0 Å². The number of hydrogen-bond donors (Lipinski definition) is 3. The monoisotopic (exact) mass is 339 g/mol. The number of aromatic nitrogens is 2. The zero-order valence-corrected chi connectivity index (χ0v) is 14.2. The quantitative estimate of drug-likeness (QED) is 0.771. The summed E-state index contributed by atoms with van der Waals surface area (Å²) in [5, 5.41) is 4.58. The Morgan fingerprint density at radius 3 is 2.80 bits per heavy atom. The number of nitrogens with zero attached hydrogens (tertiary/aromatic N) is 2. The van der Waals surface area contributed by atoms with Crippen molar-refractivity contribution in [2.24, 2.45) is 0 Å². The summed E-state index contributed by atoms with van der Waals surface area (Å²) in [4.78, 5) is 31.6. The topological polar surface area (TPSA) is 90.1 Å². The standard InChI is InChI=1S/C18H21N5O2/c1-3-7-14-11-16(24)21-18(19-14)23-15(10-12(2)22-23)20-17(25)13-8-5-4-6-9-13/h4-6,8-11,15,22H,3,7H2,1-2H3,(H,20,25)(H,19,21,24). The Morgan fingerprint density at radius 2 is 2.08 bits per heavy atom. The molecule has 25 heavy (non-hydrogen) atoms. The number of allylic oxidation sites excluding steroid dienone is 1. The minimum atomic E-state index is -0.451. The number of anilines is 1. The number of rotatable bonds is 5. The maximum Gasteiger partial charge on any atom is 0.253 e. The van der Waals surface area contributed by atoms with Gasteiger partial charge in [-0.1, -0.05) is 31.5 Å². The molecule has 0 radical (unpaired) electrons. The van der Waals surface area contributed by atoms with Crippen LogP contribution in [-0.2, 0) is 6.42 Å². The van der Waals surface area contributed by atoms with E-state index in [-0.39, 0.29) is 11.5 Å². The molecule has 0 fully saturated rings. The Balaban J connectivity index is 1.84. The molecule has 7 nitrogen and oxygen atoms in total. The normalized spacial score (nSPS) is 16.3. The van der Waals surface area contributed by atoms with Crippen LogP contribution in [0.5, 0.6) is 0 Å². The number of aromatic amines is 1. The minimum absolute atomic E-state index is 0.199. The van der Waals surface area contributed by atoms with E-state index in [2.05, 4.69) is 20.7 Å². The molecular weight excluding hydrogens is 318 g/mol. The predicted molar refractivity (Wildman–Crippen MR) is 95.9 cm³/mol. The van der Waals surface area contributed by atoms with Crippen LogP contribution in [0, 0.1) is 0 Å². The third-order valence-corrected chi connectivity index (χ3v) is 3.81. The van der Waals surface area contributed by atoms with Gasteiger partial charge in [-0.15, -0.1) is 0 Å². The van der Waals surface area contributed by atoms with Crippen molar-refractivity contribution in [2.45, 2.75) is 32.9 Å². The van der Waals surface area contributed by atoms with Crippen LogP contribution in [0.2, 0.25) is 0 Å². The Bertz CT molecular complexity index is 844. The zero-order chi connectivity index (χ0) is 17.8. The summed E-state index contributed by atoms with van der Waals surface area (Å²) in [5.41, 5.74) is 5.06. The molecule has 1 aromatic carbocycles. The van der Waals surface area contributed by atoms with Crippen molar-refractivity contribution in [3.05, 3.63) is 69.8 Å². The van der Waals surface area contributed by atoms with Crippen LogP contribution in [0.25, 0.3) is 0 Å². The van der Waals surface area contributed by atoms with E-state index in [1.165, 1.54) is 6.07 Å². The van der Waals surface area contributed by atoms with Crippen LogP contribution in [0.1, 0.15) is 36.3 Å². The lowest BCUT2D eigenvalue weighted by atomic mass is 10.2. The average Bonchev–Trinajstić information content (AvgIpc) is 2.96. The van der Waals surface area contributed by atoms with Gasteiger partial charge >= 0.3 is 0 Å². The van der Waals surface area contributed by atoms with Crippen molar-refractivity contribution in [1.29, 1.82) is 0 Å². The van der Waals surface area contributed by atoms with Gasteiger partial charge in [0.25, 0.3) is 11.5 Å². The molecule has 3 N–H and O–H groups in total. The fourth-order valence-corrected chi connectivity index (χ4v) is 2.70. The van der Waals surface area contributed by atoms with Gasteiger partial charge in [0.05, 0.1) is 0 Å². The number of nitrogens with one attached hydrogen (secondary N) is 3. The molecule has 130 valence electrons. The van der Waals surface area contributed by atoms with Gasteiger partial charge in [-0.05, 0) is 31.6 Å². The number of amides is 1. The minimum Gasteiger partial charge on any atom is -0.327 e. The van der Waals surface area contributed by atoms with Crippen molar-refractivity contribution < 1.29 is 4.79 Å². The van der Waals surface area contributed by atoms with Crippen molar-refractivity contribution in [2.75, 3.05) is 5.01 Å².